The van der Waals surface area contributed by atoms with Crippen molar-refractivity contribution < 1.29 is 17.9 Å². The average Bonchev–Trinajstić information content (AvgIpc) is 2.36. The maximum Gasteiger partial charge on any atom is 0.324 e. The predicted octanol–water partition coefficient (Wildman–Crippen LogP) is 2.59. The first kappa shape index (κ1) is 16.0. The van der Waals surface area contributed by atoms with Crippen LogP contribution in [0.4, 0.5) is 0 Å². The summed E-state index contributed by atoms with van der Waals surface area (Å²) in [7, 11) is -3.48. The van der Waals surface area contributed by atoms with Gasteiger partial charge in [-0.3, -0.25) is 4.79 Å². The highest BCUT2D eigenvalue weighted by molar-refractivity contribution is 7.93. The van der Waals surface area contributed by atoms with Crippen molar-refractivity contribution >= 4 is 27.4 Å². The molecule has 1 rings (SSSR count). The van der Waals surface area contributed by atoms with E-state index in [4.69, 9.17) is 16.3 Å². The topological polar surface area (TPSA) is 60.4 Å². The third-order valence-electron chi connectivity index (χ3n) is 2.78. The van der Waals surface area contributed by atoms with E-state index in [1.807, 2.05) is 0 Å². The van der Waals surface area contributed by atoms with Gasteiger partial charge in [0.15, 0.2) is 15.1 Å². The quantitative estimate of drug-likeness (QED) is 0.785. The number of esters is 1. The fraction of sp³-hybridized carbons (Fsp3) is 0.462. The Labute approximate surface area is 118 Å². The molecule has 106 valence electrons. The van der Waals surface area contributed by atoms with Crippen molar-refractivity contribution in [2.45, 2.75) is 37.9 Å². The van der Waals surface area contributed by atoms with Crippen LogP contribution in [0.5, 0.6) is 0 Å². The number of rotatable bonds is 5. The summed E-state index contributed by atoms with van der Waals surface area (Å²) in [6.45, 7) is 4.46. The van der Waals surface area contributed by atoms with E-state index in [1.165, 1.54) is 20.8 Å². The van der Waals surface area contributed by atoms with Crippen LogP contribution in [0.1, 0.15) is 26.3 Å². The zero-order valence-corrected chi connectivity index (χ0v) is 12.7. The van der Waals surface area contributed by atoms with E-state index in [0.717, 1.165) is 5.56 Å². The van der Waals surface area contributed by atoms with Gasteiger partial charge in [0.2, 0.25) is 0 Å². The molecule has 4 nitrogen and oxygen atoms in total. The third-order valence-corrected chi connectivity index (χ3v) is 5.52. The van der Waals surface area contributed by atoms with Crippen LogP contribution in [0.2, 0.25) is 5.02 Å². The lowest BCUT2D eigenvalue weighted by atomic mass is 10.2. The minimum atomic E-state index is -3.48. The predicted molar refractivity (Wildman–Crippen MR) is 74.8 cm³/mol. The Morgan fingerprint density at radius 3 is 2.21 bits per heavy atom. The second kappa shape index (κ2) is 6.39. The molecule has 0 saturated carbocycles. The molecule has 1 atom stereocenters. The molecule has 0 aliphatic carbocycles. The smallest absolute Gasteiger partial charge is 0.324 e. The SMILES string of the molecule is CC(C)S(=O)(=O)C(C)C(=O)OCc1ccc(Cl)cc1. The van der Waals surface area contributed by atoms with Crippen molar-refractivity contribution in [1.82, 2.24) is 0 Å². The summed E-state index contributed by atoms with van der Waals surface area (Å²) in [5, 5.41) is -1.17. The van der Waals surface area contributed by atoms with Gasteiger partial charge in [0.25, 0.3) is 0 Å². The van der Waals surface area contributed by atoms with Gasteiger partial charge in [0.1, 0.15) is 6.61 Å². The molecular formula is C13H17ClO4S. The molecule has 1 unspecified atom stereocenters. The van der Waals surface area contributed by atoms with Gasteiger partial charge in [-0.25, -0.2) is 8.42 Å². The van der Waals surface area contributed by atoms with Gasteiger partial charge < -0.3 is 4.74 Å². The summed E-state index contributed by atoms with van der Waals surface area (Å²) in [5.74, 6) is -0.733. The van der Waals surface area contributed by atoms with Crippen LogP contribution in [-0.4, -0.2) is 24.9 Å². The number of halogens is 1. The van der Waals surface area contributed by atoms with Crippen molar-refractivity contribution in [2.24, 2.45) is 0 Å². The Bertz CT molecular complexity index is 534. The van der Waals surface area contributed by atoms with Crippen LogP contribution in [0.25, 0.3) is 0 Å². The van der Waals surface area contributed by atoms with Crippen molar-refractivity contribution in [1.29, 1.82) is 0 Å². The second-order valence-electron chi connectivity index (χ2n) is 4.51. The number of ether oxygens (including phenoxy) is 1. The third kappa shape index (κ3) is 4.21. The Hall–Kier alpha value is -1.07. The summed E-state index contributed by atoms with van der Waals surface area (Å²) in [4.78, 5) is 11.7. The van der Waals surface area contributed by atoms with Crippen LogP contribution < -0.4 is 0 Å². The van der Waals surface area contributed by atoms with E-state index in [1.54, 1.807) is 24.3 Å². The molecule has 0 bridgehead atoms. The maximum atomic E-state index is 11.8. The second-order valence-corrected chi connectivity index (χ2v) is 7.78. The monoisotopic (exact) mass is 304 g/mol. The fourth-order valence-electron chi connectivity index (χ4n) is 1.39. The van der Waals surface area contributed by atoms with Crippen LogP contribution in [0, 0.1) is 0 Å². The molecule has 6 heteroatoms. The highest BCUT2D eigenvalue weighted by Gasteiger charge is 2.31. The highest BCUT2D eigenvalue weighted by atomic mass is 35.5. The molecule has 0 saturated heterocycles. The van der Waals surface area contributed by atoms with Crippen molar-refractivity contribution in [3.8, 4) is 0 Å². The van der Waals surface area contributed by atoms with E-state index in [-0.39, 0.29) is 6.61 Å². The zero-order chi connectivity index (χ0) is 14.6. The van der Waals surface area contributed by atoms with Crippen LogP contribution in [0.15, 0.2) is 24.3 Å². The number of carbonyl (C=O) groups is 1. The van der Waals surface area contributed by atoms with E-state index >= 15 is 0 Å². The molecule has 0 spiro atoms. The molecule has 0 heterocycles. The Kier molecular flexibility index (Phi) is 5.38. The zero-order valence-electron chi connectivity index (χ0n) is 11.1. The normalized spacial score (nSPS) is 13.3. The Morgan fingerprint density at radius 2 is 1.74 bits per heavy atom. The van der Waals surface area contributed by atoms with Gasteiger partial charge in [0, 0.05) is 5.02 Å². The van der Waals surface area contributed by atoms with Crippen LogP contribution in [0.3, 0.4) is 0 Å². The molecule has 1 aromatic rings. The van der Waals surface area contributed by atoms with Gasteiger partial charge >= 0.3 is 5.97 Å². The fourth-order valence-corrected chi connectivity index (χ4v) is 2.67. The van der Waals surface area contributed by atoms with Gasteiger partial charge in [-0.1, -0.05) is 23.7 Å². The van der Waals surface area contributed by atoms with Crippen LogP contribution in [-0.2, 0) is 26.0 Å². The standard InChI is InChI=1S/C13H17ClO4S/c1-9(2)19(16,17)10(3)13(15)18-8-11-4-6-12(14)7-5-11/h4-7,9-10H,8H2,1-3H3. The highest BCUT2D eigenvalue weighted by Crippen LogP contribution is 2.13. The van der Waals surface area contributed by atoms with E-state index in [2.05, 4.69) is 0 Å². The van der Waals surface area contributed by atoms with Crippen molar-refractivity contribution in [3.63, 3.8) is 0 Å². The number of hydrogen-bond acceptors (Lipinski definition) is 4. The minimum Gasteiger partial charge on any atom is -0.460 e. The molecule has 0 amide bonds. The summed E-state index contributed by atoms with van der Waals surface area (Å²) < 4.78 is 28.6. The lowest BCUT2D eigenvalue weighted by molar-refractivity contribution is -0.144. The summed E-state index contributed by atoms with van der Waals surface area (Å²) in [6, 6.07) is 6.80. The summed E-state index contributed by atoms with van der Waals surface area (Å²) in [5.41, 5.74) is 0.756. The minimum absolute atomic E-state index is 0.0357. The van der Waals surface area contributed by atoms with Crippen LogP contribution >= 0.6 is 11.6 Å². The number of hydrogen-bond donors (Lipinski definition) is 0. The number of sulfone groups is 1. The number of carbonyl (C=O) groups excluding carboxylic acids is 1. The first-order valence-electron chi connectivity index (χ1n) is 5.89. The lowest BCUT2D eigenvalue weighted by Crippen LogP contribution is -2.34. The molecular weight excluding hydrogens is 288 g/mol. The largest absolute Gasteiger partial charge is 0.460 e. The van der Waals surface area contributed by atoms with E-state index in [9.17, 15) is 13.2 Å². The lowest BCUT2D eigenvalue weighted by Gasteiger charge is -2.15. The Morgan fingerprint density at radius 1 is 1.21 bits per heavy atom. The van der Waals surface area contributed by atoms with Crippen molar-refractivity contribution in [3.05, 3.63) is 34.9 Å². The molecule has 1 aromatic carbocycles. The molecule has 0 radical (unpaired) electrons. The average molecular weight is 305 g/mol. The molecule has 0 N–H and O–H groups in total. The maximum absolute atomic E-state index is 11.8. The van der Waals surface area contributed by atoms with E-state index < -0.39 is 26.3 Å². The Balaban J connectivity index is 2.63. The molecule has 0 aliphatic rings. The molecule has 0 aliphatic heterocycles. The summed E-state index contributed by atoms with van der Waals surface area (Å²) >= 11 is 5.73. The van der Waals surface area contributed by atoms with Gasteiger partial charge in [-0.15, -0.1) is 0 Å². The van der Waals surface area contributed by atoms with Gasteiger partial charge in [-0.2, -0.15) is 0 Å². The van der Waals surface area contributed by atoms with Gasteiger partial charge in [-0.05, 0) is 38.5 Å². The first-order chi connectivity index (χ1) is 8.75. The molecule has 0 aromatic heterocycles. The molecule has 0 fully saturated rings. The number of benzene rings is 1. The van der Waals surface area contributed by atoms with Crippen molar-refractivity contribution in [2.75, 3.05) is 0 Å². The molecule has 19 heavy (non-hydrogen) atoms. The van der Waals surface area contributed by atoms with E-state index in [0.29, 0.717) is 5.02 Å². The first-order valence-corrected chi connectivity index (χ1v) is 7.87. The summed E-state index contributed by atoms with van der Waals surface area (Å²) in [6.07, 6.45) is 0. The van der Waals surface area contributed by atoms with Gasteiger partial charge in [0.05, 0.1) is 5.25 Å².